The Kier molecular flexibility index (Phi) is 7.12. The Morgan fingerprint density at radius 2 is 1.97 bits per heavy atom. The molecule has 4 rings (SSSR count). The van der Waals surface area contributed by atoms with Crippen molar-refractivity contribution in [2.75, 3.05) is 12.0 Å². The molecule has 1 amide bonds. The molecule has 0 saturated heterocycles. The first-order valence-electron chi connectivity index (χ1n) is 10.2. The molecule has 33 heavy (non-hydrogen) atoms. The summed E-state index contributed by atoms with van der Waals surface area (Å²) in [4.78, 5) is 14.1. The molecule has 0 bridgehead atoms. The van der Waals surface area contributed by atoms with Crippen LogP contribution in [0.15, 0.2) is 82.1 Å². The number of anilines is 1. The number of hydrogen-bond acceptors (Lipinski definition) is 6. The molecule has 0 aliphatic rings. The van der Waals surface area contributed by atoms with Gasteiger partial charge in [-0.05, 0) is 30.9 Å². The van der Waals surface area contributed by atoms with E-state index in [2.05, 4.69) is 48.3 Å². The highest BCUT2D eigenvalue weighted by Gasteiger charge is 2.27. The minimum absolute atomic E-state index is 0.335. The third-order valence-corrected chi connectivity index (χ3v) is 8.05. The van der Waals surface area contributed by atoms with Gasteiger partial charge in [-0.2, -0.15) is 4.57 Å². The van der Waals surface area contributed by atoms with Gasteiger partial charge in [0.1, 0.15) is 5.69 Å². The second-order valence-electron chi connectivity index (χ2n) is 7.18. The van der Waals surface area contributed by atoms with Gasteiger partial charge in [-0.15, -0.1) is 23.0 Å². The molecule has 0 aliphatic carbocycles. The van der Waals surface area contributed by atoms with Crippen LogP contribution in [-0.2, 0) is 6.54 Å². The van der Waals surface area contributed by atoms with Crippen molar-refractivity contribution in [2.24, 2.45) is 5.10 Å². The zero-order valence-corrected chi connectivity index (χ0v) is 20.8. The maximum atomic E-state index is 13.0. The van der Waals surface area contributed by atoms with E-state index in [-0.39, 0.29) is 5.91 Å². The number of rotatable bonds is 7. The van der Waals surface area contributed by atoms with Gasteiger partial charge in [0.2, 0.25) is 9.14 Å². The highest BCUT2D eigenvalue weighted by molar-refractivity contribution is 8.00. The molecule has 168 valence electrons. The van der Waals surface area contributed by atoms with Crippen molar-refractivity contribution in [3.05, 3.63) is 87.9 Å². The van der Waals surface area contributed by atoms with Gasteiger partial charge >= 0.3 is 5.82 Å². The lowest BCUT2D eigenvalue weighted by Gasteiger charge is -2.07. The zero-order chi connectivity index (χ0) is 23.4. The molecule has 0 radical (unpaired) electrons. The molecule has 3 N–H and O–H groups in total. The first kappa shape index (κ1) is 23.0. The van der Waals surface area contributed by atoms with E-state index in [9.17, 15) is 4.79 Å². The standard InChI is InChI=1S/C24H23N5OS3/c1-4-14-28-19(17-12-10-16(2)11-13-17)15-32-23(28)27-26-22(30)20-21(25)29(24(31-3)33-20)18-8-6-5-7-9-18/h4-13,15H,1,14H2,2-3H3,(H2-,25,26,30)/p+1/b27-23+. The minimum atomic E-state index is -0.335. The zero-order valence-electron chi connectivity index (χ0n) is 18.3. The fraction of sp³-hybridized carbons (Fsp3) is 0.125. The third-order valence-electron chi connectivity index (χ3n) is 4.95. The van der Waals surface area contributed by atoms with E-state index in [4.69, 9.17) is 5.73 Å². The van der Waals surface area contributed by atoms with Crippen molar-refractivity contribution >= 4 is 46.2 Å². The minimum Gasteiger partial charge on any atom is -0.311 e. The number of nitrogen functional groups attached to an aromatic ring is 1. The van der Waals surface area contributed by atoms with E-state index >= 15 is 0 Å². The molecule has 9 heteroatoms. The number of benzene rings is 2. The topological polar surface area (TPSA) is 76.3 Å². The summed E-state index contributed by atoms with van der Waals surface area (Å²) >= 11 is 4.36. The van der Waals surface area contributed by atoms with Gasteiger partial charge in [0.05, 0.1) is 5.69 Å². The van der Waals surface area contributed by atoms with E-state index in [0.29, 0.717) is 22.0 Å². The van der Waals surface area contributed by atoms with Crippen LogP contribution in [0.3, 0.4) is 0 Å². The number of thiazole rings is 2. The highest BCUT2D eigenvalue weighted by Crippen LogP contribution is 2.27. The molecule has 2 aromatic carbocycles. The van der Waals surface area contributed by atoms with Gasteiger partial charge in [0.25, 0.3) is 5.91 Å². The van der Waals surface area contributed by atoms with Crippen LogP contribution in [0.1, 0.15) is 15.2 Å². The van der Waals surface area contributed by atoms with Crippen LogP contribution >= 0.6 is 34.4 Å². The van der Waals surface area contributed by atoms with Crippen LogP contribution < -0.4 is 20.5 Å². The highest BCUT2D eigenvalue weighted by atomic mass is 32.2. The van der Waals surface area contributed by atoms with Gasteiger partial charge in [0, 0.05) is 11.9 Å². The molecule has 6 nitrogen and oxygen atoms in total. The molecule has 4 aromatic rings. The van der Waals surface area contributed by atoms with Crippen LogP contribution in [-0.4, -0.2) is 16.7 Å². The quantitative estimate of drug-likeness (QED) is 0.171. The lowest BCUT2D eigenvalue weighted by molar-refractivity contribution is -0.613. The molecule has 2 heterocycles. The summed E-state index contributed by atoms with van der Waals surface area (Å²) < 4.78 is 4.84. The summed E-state index contributed by atoms with van der Waals surface area (Å²) in [5.74, 6) is 0.0617. The average molecular weight is 495 g/mol. The van der Waals surface area contributed by atoms with Gasteiger partial charge < -0.3 is 4.57 Å². The first-order chi connectivity index (χ1) is 16.0. The Morgan fingerprint density at radius 1 is 1.24 bits per heavy atom. The third kappa shape index (κ3) is 4.80. The number of nitrogens with one attached hydrogen (secondary N) is 1. The number of carbonyl (C=O) groups excluding carboxylic acids is 1. The number of aromatic nitrogens is 2. The Morgan fingerprint density at radius 3 is 2.64 bits per heavy atom. The SMILES string of the molecule is C=CCn1c(-c2ccc(C)cc2)cs/c1=N/NC(=O)c1sc(SC)[n+](-c2ccccc2)c1N. The number of thioether (sulfide) groups is 1. The van der Waals surface area contributed by atoms with Gasteiger partial charge in [-0.3, -0.25) is 10.5 Å². The predicted molar refractivity (Wildman–Crippen MR) is 138 cm³/mol. The number of aryl methyl sites for hydroxylation is 1. The summed E-state index contributed by atoms with van der Waals surface area (Å²) in [7, 11) is 0. The predicted octanol–water partition coefficient (Wildman–Crippen LogP) is 4.60. The summed E-state index contributed by atoms with van der Waals surface area (Å²) in [6.07, 6.45) is 3.78. The van der Waals surface area contributed by atoms with Crippen molar-refractivity contribution in [2.45, 2.75) is 17.8 Å². The summed E-state index contributed by atoms with van der Waals surface area (Å²) in [5, 5.41) is 6.45. The maximum Gasteiger partial charge on any atom is 0.302 e. The Bertz CT molecular complexity index is 1350. The van der Waals surface area contributed by atoms with Crippen molar-refractivity contribution < 1.29 is 9.36 Å². The van der Waals surface area contributed by atoms with Crippen molar-refractivity contribution in [1.29, 1.82) is 0 Å². The van der Waals surface area contributed by atoms with Crippen LogP contribution in [0.25, 0.3) is 16.9 Å². The number of allylic oxidation sites excluding steroid dienone is 1. The van der Waals surface area contributed by atoms with Gasteiger partial charge in [0.15, 0.2) is 4.88 Å². The fourth-order valence-corrected chi connectivity index (χ4v) is 5.98. The number of amides is 1. The number of nitrogens with two attached hydrogens (primary N) is 1. The normalized spacial score (nSPS) is 11.5. The van der Waals surface area contributed by atoms with Gasteiger partial charge in [-0.25, -0.2) is 5.43 Å². The Labute approximate surface area is 204 Å². The molecular weight excluding hydrogens is 470 g/mol. The molecule has 0 aliphatic heterocycles. The summed E-state index contributed by atoms with van der Waals surface area (Å²) in [5.41, 5.74) is 13.3. The Balaban J connectivity index is 1.66. The summed E-state index contributed by atoms with van der Waals surface area (Å²) in [6.45, 7) is 6.50. The fourth-order valence-electron chi connectivity index (χ4n) is 3.33. The molecule has 0 spiro atoms. The van der Waals surface area contributed by atoms with Crippen molar-refractivity contribution in [3.8, 4) is 16.9 Å². The lowest BCUT2D eigenvalue weighted by atomic mass is 10.1. The molecule has 0 saturated carbocycles. The van der Waals surface area contributed by atoms with Crippen molar-refractivity contribution in [3.63, 3.8) is 0 Å². The number of carbonyl (C=O) groups is 1. The van der Waals surface area contributed by atoms with E-state index in [1.54, 1.807) is 11.8 Å². The second kappa shape index (κ2) is 10.2. The maximum absolute atomic E-state index is 13.0. The summed E-state index contributed by atoms with van der Waals surface area (Å²) in [6, 6.07) is 18.1. The molecule has 0 atom stereocenters. The number of hydrogen-bond donors (Lipinski definition) is 2. The van der Waals surface area contributed by atoms with E-state index in [1.165, 1.54) is 28.2 Å². The largest absolute Gasteiger partial charge is 0.311 e. The van der Waals surface area contributed by atoms with E-state index in [1.807, 2.05) is 57.2 Å². The van der Waals surface area contributed by atoms with E-state index < -0.39 is 0 Å². The second-order valence-corrected chi connectivity index (χ2v) is 10.1. The lowest BCUT2D eigenvalue weighted by Crippen LogP contribution is -2.35. The van der Waals surface area contributed by atoms with Crippen LogP contribution in [0, 0.1) is 6.92 Å². The molecule has 0 unspecified atom stereocenters. The van der Waals surface area contributed by atoms with Crippen molar-refractivity contribution in [1.82, 2.24) is 9.99 Å². The molecule has 2 aromatic heterocycles. The Hall–Kier alpha value is -3.14. The van der Waals surface area contributed by atoms with E-state index in [0.717, 1.165) is 21.3 Å². The molecule has 0 fully saturated rings. The first-order valence-corrected chi connectivity index (χ1v) is 13.1. The number of para-hydroxylation sites is 1. The van der Waals surface area contributed by atoms with Crippen LogP contribution in [0.2, 0.25) is 0 Å². The molecular formula is C24H24N5OS3+. The monoisotopic (exact) mass is 494 g/mol. The number of nitrogens with zero attached hydrogens (tertiary/aromatic N) is 3. The van der Waals surface area contributed by atoms with Gasteiger partial charge in [-0.1, -0.05) is 77.2 Å². The van der Waals surface area contributed by atoms with Crippen LogP contribution in [0.4, 0.5) is 5.82 Å². The average Bonchev–Trinajstić information content (AvgIpc) is 3.39. The smallest absolute Gasteiger partial charge is 0.302 e. The van der Waals surface area contributed by atoms with Crippen LogP contribution in [0.5, 0.6) is 0 Å².